The van der Waals surface area contributed by atoms with E-state index in [9.17, 15) is 4.79 Å². The quantitative estimate of drug-likeness (QED) is 0.301. The van der Waals surface area contributed by atoms with Gasteiger partial charge in [-0.2, -0.15) is 0 Å². The Morgan fingerprint density at radius 3 is 2.50 bits per heavy atom. The van der Waals surface area contributed by atoms with Gasteiger partial charge in [0.05, 0.1) is 0 Å². The molecule has 0 aromatic carbocycles. The van der Waals surface area contributed by atoms with Gasteiger partial charge in [-0.25, -0.2) is 0 Å². The first-order chi connectivity index (χ1) is 3.91. The van der Waals surface area contributed by atoms with Crippen LogP contribution in [0.3, 0.4) is 0 Å². The lowest BCUT2D eigenvalue weighted by atomic mass is 10.2. The van der Waals surface area contributed by atoms with Crippen molar-refractivity contribution < 1.29 is 4.79 Å². The van der Waals surface area contributed by atoms with Crippen molar-refractivity contribution in [2.45, 2.75) is 31.7 Å². The minimum absolute atomic E-state index is 0.765. The molecule has 0 unspecified atom stereocenters. The third-order valence-electron chi connectivity index (χ3n) is 1.18. The van der Waals surface area contributed by atoms with E-state index in [2.05, 4.69) is 0 Å². The lowest BCUT2D eigenvalue weighted by Gasteiger charge is -1.90. The van der Waals surface area contributed by atoms with Crippen molar-refractivity contribution in [1.82, 2.24) is 0 Å². The second kappa shape index (κ2) is 6.89. The standard InChI is InChI=1S/C6H14OSi/c7-5-3-1-2-4-6-8/h5H,1-4,6H2,8H3. The first-order valence-corrected chi connectivity index (χ1v) is 4.77. The molecule has 0 aliphatic heterocycles. The fraction of sp³-hybridized carbons (Fsp3) is 0.833. The highest BCUT2D eigenvalue weighted by molar-refractivity contribution is 6.08. The van der Waals surface area contributed by atoms with Crippen LogP contribution in [0.15, 0.2) is 0 Å². The van der Waals surface area contributed by atoms with Gasteiger partial charge in [0.25, 0.3) is 0 Å². The molecule has 48 valence electrons. The molecule has 0 aliphatic rings. The van der Waals surface area contributed by atoms with E-state index in [4.69, 9.17) is 0 Å². The Balaban J connectivity index is 2.62. The molecule has 1 nitrogen and oxygen atoms in total. The molecule has 0 bridgehead atoms. The predicted octanol–water partition coefficient (Wildman–Crippen LogP) is 0.529. The third kappa shape index (κ3) is 5.89. The van der Waals surface area contributed by atoms with Crippen LogP contribution in [-0.2, 0) is 4.79 Å². The van der Waals surface area contributed by atoms with Crippen LogP contribution in [0.2, 0.25) is 6.04 Å². The molecule has 2 heteroatoms. The van der Waals surface area contributed by atoms with Crippen molar-refractivity contribution in [3.8, 4) is 0 Å². The molecule has 0 N–H and O–H groups in total. The zero-order valence-electron chi connectivity index (χ0n) is 5.52. The molecule has 0 radical (unpaired) electrons. The first kappa shape index (κ1) is 7.89. The number of aldehydes is 1. The molecule has 0 amide bonds. The molecule has 0 saturated carbocycles. The van der Waals surface area contributed by atoms with E-state index in [-0.39, 0.29) is 0 Å². The number of hydrogen-bond donors (Lipinski definition) is 0. The molecular formula is C6H14OSi. The second-order valence-electron chi connectivity index (χ2n) is 2.02. The van der Waals surface area contributed by atoms with Gasteiger partial charge in [0.15, 0.2) is 0 Å². The molecule has 0 rings (SSSR count). The Kier molecular flexibility index (Phi) is 6.79. The van der Waals surface area contributed by atoms with Crippen LogP contribution in [0.25, 0.3) is 0 Å². The zero-order valence-corrected chi connectivity index (χ0v) is 7.52. The minimum atomic E-state index is 0.765. The van der Waals surface area contributed by atoms with Gasteiger partial charge < -0.3 is 4.79 Å². The van der Waals surface area contributed by atoms with Crippen LogP contribution >= 0.6 is 0 Å². The summed E-state index contributed by atoms with van der Waals surface area (Å²) in [5.74, 6) is 0. The molecule has 0 heterocycles. The summed E-state index contributed by atoms with van der Waals surface area (Å²) in [4.78, 5) is 9.78. The largest absolute Gasteiger partial charge is 0.303 e. The molecule has 0 aromatic rings. The van der Waals surface area contributed by atoms with Crippen LogP contribution in [0, 0.1) is 0 Å². The SMILES string of the molecule is O=CCCCCC[SiH3]. The van der Waals surface area contributed by atoms with E-state index in [1.54, 1.807) is 0 Å². The van der Waals surface area contributed by atoms with Gasteiger partial charge in [0.2, 0.25) is 0 Å². The smallest absolute Gasteiger partial charge is 0.119 e. The second-order valence-corrected chi connectivity index (χ2v) is 3.02. The van der Waals surface area contributed by atoms with Crippen LogP contribution in [0.4, 0.5) is 0 Å². The Bertz CT molecular complexity index is 54.5. The van der Waals surface area contributed by atoms with Crippen molar-refractivity contribution in [3.05, 3.63) is 0 Å². The van der Waals surface area contributed by atoms with Crippen molar-refractivity contribution in [3.63, 3.8) is 0 Å². The van der Waals surface area contributed by atoms with Gasteiger partial charge in [0, 0.05) is 16.7 Å². The summed E-state index contributed by atoms with van der Waals surface area (Å²) in [7, 11) is 1.32. The zero-order chi connectivity index (χ0) is 6.24. The van der Waals surface area contributed by atoms with E-state index >= 15 is 0 Å². The van der Waals surface area contributed by atoms with E-state index in [0.29, 0.717) is 0 Å². The fourth-order valence-corrected chi connectivity index (χ4v) is 1.15. The van der Waals surface area contributed by atoms with Gasteiger partial charge in [-0.15, -0.1) is 0 Å². The first-order valence-electron chi connectivity index (χ1n) is 3.35. The Morgan fingerprint density at radius 2 is 2.00 bits per heavy atom. The molecular weight excluding hydrogens is 116 g/mol. The van der Waals surface area contributed by atoms with E-state index in [1.165, 1.54) is 29.1 Å². The van der Waals surface area contributed by atoms with Crippen molar-refractivity contribution in [2.75, 3.05) is 0 Å². The van der Waals surface area contributed by atoms with Crippen LogP contribution in [0.1, 0.15) is 25.7 Å². The number of carbonyl (C=O) groups excluding carboxylic acids is 1. The number of carbonyl (C=O) groups is 1. The summed E-state index contributed by atoms with van der Waals surface area (Å²) in [5.41, 5.74) is 0. The van der Waals surface area contributed by atoms with Gasteiger partial charge in [-0.05, 0) is 6.42 Å². The Morgan fingerprint density at radius 1 is 1.25 bits per heavy atom. The maximum Gasteiger partial charge on any atom is 0.119 e. The van der Waals surface area contributed by atoms with Crippen molar-refractivity contribution >= 4 is 16.5 Å². The Hall–Kier alpha value is -0.113. The monoisotopic (exact) mass is 130 g/mol. The maximum atomic E-state index is 9.78. The number of rotatable bonds is 5. The van der Waals surface area contributed by atoms with Gasteiger partial charge in [0.1, 0.15) is 6.29 Å². The normalized spacial score (nSPS) is 9.50. The summed E-state index contributed by atoms with van der Waals surface area (Å²) in [6, 6.07) is 1.39. The van der Waals surface area contributed by atoms with Gasteiger partial charge >= 0.3 is 0 Å². The van der Waals surface area contributed by atoms with E-state index in [0.717, 1.165) is 19.1 Å². The van der Waals surface area contributed by atoms with Crippen molar-refractivity contribution in [2.24, 2.45) is 0 Å². The predicted molar refractivity (Wildman–Crippen MR) is 39.3 cm³/mol. The number of hydrogen-bond acceptors (Lipinski definition) is 1. The molecule has 0 aromatic heterocycles. The molecule has 8 heavy (non-hydrogen) atoms. The molecule has 0 fully saturated rings. The topological polar surface area (TPSA) is 17.1 Å². The van der Waals surface area contributed by atoms with Crippen LogP contribution < -0.4 is 0 Å². The van der Waals surface area contributed by atoms with Gasteiger partial charge in [-0.1, -0.05) is 18.9 Å². The van der Waals surface area contributed by atoms with Crippen LogP contribution in [-0.4, -0.2) is 16.5 Å². The summed E-state index contributed by atoms with van der Waals surface area (Å²) in [5, 5.41) is 0. The molecule has 0 saturated heterocycles. The summed E-state index contributed by atoms with van der Waals surface area (Å²) in [6.45, 7) is 0. The van der Waals surface area contributed by atoms with E-state index in [1.807, 2.05) is 0 Å². The van der Waals surface area contributed by atoms with Crippen LogP contribution in [0.5, 0.6) is 0 Å². The maximum absolute atomic E-state index is 9.78. The average Bonchev–Trinajstić information content (AvgIpc) is 1.81. The third-order valence-corrected chi connectivity index (χ3v) is 1.88. The molecule has 0 atom stereocenters. The lowest BCUT2D eigenvalue weighted by molar-refractivity contribution is -0.107. The summed E-state index contributed by atoms with van der Waals surface area (Å²) in [6.07, 6.45) is 5.46. The Labute approximate surface area is 53.9 Å². The van der Waals surface area contributed by atoms with Gasteiger partial charge in [-0.3, -0.25) is 0 Å². The van der Waals surface area contributed by atoms with E-state index < -0.39 is 0 Å². The number of unbranched alkanes of at least 4 members (excludes halogenated alkanes) is 3. The highest BCUT2D eigenvalue weighted by Gasteiger charge is 1.83. The summed E-state index contributed by atoms with van der Waals surface area (Å²) < 4.78 is 0. The molecule has 0 aliphatic carbocycles. The average molecular weight is 130 g/mol. The minimum Gasteiger partial charge on any atom is -0.303 e. The lowest BCUT2D eigenvalue weighted by Crippen LogP contribution is -1.77. The van der Waals surface area contributed by atoms with Crippen molar-refractivity contribution in [1.29, 1.82) is 0 Å². The molecule has 0 spiro atoms. The summed E-state index contributed by atoms with van der Waals surface area (Å²) >= 11 is 0. The highest BCUT2D eigenvalue weighted by Crippen LogP contribution is 1.98. The highest BCUT2D eigenvalue weighted by atomic mass is 28.1. The fourth-order valence-electron chi connectivity index (χ4n) is 0.654.